The molecule has 0 amide bonds. The molecule has 5 nitrogen and oxygen atoms in total. The molecule has 0 aromatic heterocycles. The predicted molar refractivity (Wildman–Crippen MR) is 87.9 cm³/mol. The van der Waals surface area contributed by atoms with E-state index in [0.29, 0.717) is 17.2 Å². The van der Waals surface area contributed by atoms with Gasteiger partial charge in [-0.25, -0.2) is 17.9 Å². The van der Waals surface area contributed by atoms with Crippen LogP contribution in [0.5, 0.6) is 0 Å². The maximum atomic E-state index is 12.7. The first-order valence-corrected chi connectivity index (χ1v) is 9.05. The van der Waals surface area contributed by atoms with Gasteiger partial charge in [0.1, 0.15) is 0 Å². The Balaban J connectivity index is 2.10. The van der Waals surface area contributed by atoms with E-state index in [2.05, 4.69) is 4.72 Å². The quantitative estimate of drug-likeness (QED) is 0.772. The molecule has 0 aliphatic rings. The van der Waals surface area contributed by atoms with E-state index in [1.54, 1.807) is 6.92 Å². The van der Waals surface area contributed by atoms with Crippen LogP contribution in [0, 0.1) is 0 Å². The second kappa shape index (κ2) is 7.88. The van der Waals surface area contributed by atoms with Gasteiger partial charge in [-0.3, -0.25) is 0 Å². The summed E-state index contributed by atoms with van der Waals surface area (Å²) in [6.07, 6.45) is -4.63. The van der Waals surface area contributed by atoms with Crippen LogP contribution in [0.3, 0.4) is 0 Å². The highest BCUT2D eigenvalue weighted by Gasteiger charge is 2.31. The van der Waals surface area contributed by atoms with Gasteiger partial charge in [0.2, 0.25) is 10.0 Å². The molecule has 140 valence electrons. The normalized spacial score (nSPS) is 12.0. The Kier molecular flexibility index (Phi) is 6.04. The van der Waals surface area contributed by atoms with Crippen molar-refractivity contribution in [2.24, 2.45) is 0 Å². The molecule has 0 spiro atoms. The number of hydrogen-bond donors (Lipinski definition) is 1. The first-order valence-electron chi connectivity index (χ1n) is 7.56. The van der Waals surface area contributed by atoms with Crippen LogP contribution in [0.15, 0.2) is 53.4 Å². The second-order valence-electron chi connectivity index (χ2n) is 5.27. The molecule has 1 N–H and O–H groups in total. The maximum absolute atomic E-state index is 12.7. The third kappa shape index (κ3) is 5.06. The fourth-order valence-electron chi connectivity index (χ4n) is 2.07. The van der Waals surface area contributed by atoms with Crippen LogP contribution >= 0.6 is 0 Å². The van der Waals surface area contributed by atoms with Crippen LogP contribution in [0.4, 0.5) is 13.2 Å². The van der Waals surface area contributed by atoms with Gasteiger partial charge < -0.3 is 4.74 Å². The largest absolute Gasteiger partial charge is 0.462 e. The molecule has 0 atom stereocenters. The molecule has 0 radical (unpaired) electrons. The van der Waals surface area contributed by atoms with E-state index < -0.39 is 32.6 Å². The summed E-state index contributed by atoms with van der Waals surface area (Å²) in [7, 11) is -4.12. The summed E-state index contributed by atoms with van der Waals surface area (Å²) in [5.74, 6) is -0.497. The standard InChI is InChI=1S/C17H16F3NO4S/c1-2-25-16(22)13-8-6-12(7-9-13)11-21-26(23,24)15-5-3-4-14(10-15)17(18,19)20/h3-10,21H,2,11H2,1H3. The molecule has 0 fully saturated rings. The number of ether oxygens (including phenoxy) is 1. The summed E-state index contributed by atoms with van der Waals surface area (Å²) >= 11 is 0. The van der Waals surface area contributed by atoms with Crippen LogP contribution in [0.1, 0.15) is 28.4 Å². The van der Waals surface area contributed by atoms with Gasteiger partial charge in [0.25, 0.3) is 0 Å². The monoisotopic (exact) mass is 387 g/mol. The Morgan fingerprint density at radius 3 is 2.35 bits per heavy atom. The van der Waals surface area contributed by atoms with Crippen molar-refractivity contribution in [2.75, 3.05) is 6.61 Å². The van der Waals surface area contributed by atoms with Gasteiger partial charge in [-0.05, 0) is 42.8 Å². The fourth-order valence-corrected chi connectivity index (χ4v) is 3.14. The van der Waals surface area contributed by atoms with Gasteiger partial charge in [0, 0.05) is 6.54 Å². The highest BCUT2D eigenvalue weighted by Crippen LogP contribution is 2.30. The van der Waals surface area contributed by atoms with Gasteiger partial charge in [0.15, 0.2) is 0 Å². The smallest absolute Gasteiger partial charge is 0.416 e. The number of esters is 1. The number of alkyl halides is 3. The SMILES string of the molecule is CCOC(=O)c1ccc(CNS(=O)(=O)c2cccc(C(F)(F)F)c2)cc1. The minimum absolute atomic E-state index is 0.137. The van der Waals surface area contributed by atoms with Crippen molar-refractivity contribution in [1.82, 2.24) is 4.72 Å². The number of halogens is 3. The molecule has 2 aromatic rings. The molecule has 0 bridgehead atoms. The Morgan fingerprint density at radius 2 is 1.77 bits per heavy atom. The lowest BCUT2D eigenvalue weighted by atomic mass is 10.1. The molecule has 2 aromatic carbocycles. The number of nitrogens with one attached hydrogen (secondary N) is 1. The minimum Gasteiger partial charge on any atom is -0.462 e. The van der Waals surface area contributed by atoms with Gasteiger partial charge in [-0.2, -0.15) is 13.2 Å². The van der Waals surface area contributed by atoms with E-state index in [1.807, 2.05) is 0 Å². The average molecular weight is 387 g/mol. The zero-order valence-corrected chi connectivity index (χ0v) is 14.5. The summed E-state index contributed by atoms with van der Waals surface area (Å²) in [6, 6.07) is 9.51. The third-order valence-electron chi connectivity index (χ3n) is 3.40. The second-order valence-corrected chi connectivity index (χ2v) is 7.03. The lowest BCUT2D eigenvalue weighted by Gasteiger charge is -2.10. The van der Waals surface area contributed by atoms with Crippen LogP contribution in [0.2, 0.25) is 0 Å². The first-order chi connectivity index (χ1) is 12.1. The zero-order valence-electron chi connectivity index (χ0n) is 13.7. The van der Waals surface area contributed by atoms with Crippen molar-refractivity contribution < 1.29 is 31.1 Å². The van der Waals surface area contributed by atoms with Crippen LogP contribution in [-0.4, -0.2) is 21.0 Å². The molecule has 0 heterocycles. The number of hydrogen-bond acceptors (Lipinski definition) is 4. The van der Waals surface area contributed by atoms with Gasteiger partial charge in [0.05, 0.1) is 22.6 Å². The van der Waals surface area contributed by atoms with E-state index in [9.17, 15) is 26.4 Å². The zero-order chi connectivity index (χ0) is 19.4. The summed E-state index contributed by atoms with van der Waals surface area (Å²) in [5.41, 5.74) is -0.191. The van der Waals surface area contributed by atoms with Gasteiger partial charge >= 0.3 is 12.1 Å². The fraction of sp³-hybridized carbons (Fsp3) is 0.235. The molecule has 0 saturated heterocycles. The molecular weight excluding hydrogens is 371 g/mol. The number of benzene rings is 2. The van der Waals surface area contributed by atoms with E-state index in [1.165, 1.54) is 24.3 Å². The highest BCUT2D eigenvalue weighted by molar-refractivity contribution is 7.89. The number of sulfonamides is 1. The van der Waals surface area contributed by atoms with E-state index in [4.69, 9.17) is 4.74 Å². The van der Waals surface area contributed by atoms with Gasteiger partial charge in [-0.15, -0.1) is 0 Å². The van der Waals surface area contributed by atoms with Crippen molar-refractivity contribution >= 4 is 16.0 Å². The maximum Gasteiger partial charge on any atom is 0.416 e. The predicted octanol–water partition coefficient (Wildman–Crippen LogP) is 3.36. The molecular formula is C17H16F3NO4S. The molecule has 26 heavy (non-hydrogen) atoms. The van der Waals surface area contributed by atoms with Crippen LogP contribution in [-0.2, 0) is 27.5 Å². The molecule has 0 aliphatic carbocycles. The highest BCUT2D eigenvalue weighted by atomic mass is 32.2. The molecule has 0 unspecified atom stereocenters. The van der Waals surface area contributed by atoms with Gasteiger partial charge in [-0.1, -0.05) is 18.2 Å². The molecule has 9 heteroatoms. The van der Waals surface area contributed by atoms with E-state index >= 15 is 0 Å². The van der Waals surface area contributed by atoms with Crippen LogP contribution < -0.4 is 4.72 Å². The lowest BCUT2D eigenvalue weighted by molar-refractivity contribution is -0.137. The van der Waals surface area contributed by atoms with Crippen molar-refractivity contribution in [3.8, 4) is 0 Å². The number of carbonyl (C=O) groups excluding carboxylic acids is 1. The molecule has 0 saturated carbocycles. The van der Waals surface area contributed by atoms with Crippen LogP contribution in [0.25, 0.3) is 0 Å². The lowest BCUT2D eigenvalue weighted by Crippen LogP contribution is -2.23. The van der Waals surface area contributed by atoms with Crippen molar-refractivity contribution in [1.29, 1.82) is 0 Å². The summed E-state index contributed by atoms with van der Waals surface area (Å²) < 4.78 is 69.6. The Labute approximate surface area is 148 Å². The Morgan fingerprint density at radius 1 is 1.12 bits per heavy atom. The summed E-state index contributed by atoms with van der Waals surface area (Å²) in [6.45, 7) is 1.77. The molecule has 2 rings (SSSR count). The minimum atomic E-state index is -4.63. The first kappa shape index (κ1) is 19.9. The van der Waals surface area contributed by atoms with Crippen molar-refractivity contribution in [2.45, 2.75) is 24.5 Å². The average Bonchev–Trinajstić information content (AvgIpc) is 2.60. The summed E-state index contributed by atoms with van der Waals surface area (Å²) in [4.78, 5) is 11.1. The summed E-state index contributed by atoms with van der Waals surface area (Å²) in [5, 5.41) is 0. The van der Waals surface area contributed by atoms with Crippen molar-refractivity contribution in [3.63, 3.8) is 0 Å². The Hall–Kier alpha value is -2.39. The molecule has 0 aliphatic heterocycles. The number of carbonyl (C=O) groups is 1. The Bertz CT molecular complexity index is 878. The van der Waals surface area contributed by atoms with E-state index in [0.717, 1.165) is 18.2 Å². The number of rotatable bonds is 6. The van der Waals surface area contributed by atoms with Crippen molar-refractivity contribution in [3.05, 3.63) is 65.2 Å². The topological polar surface area (TPSA) is 72.5 Å². The third-order valence-corrected chi connectivity index (χ3v) is 4.80. The van der Waals surface area contributed by atoms with E-state index in [-0.39, 0.29) is 13.2 Å².